The highest BCUT2D eigenvalue weighted by molar-refractivity contribution is 5.89. The van der Waals surface area contributed by atoms with Gasteiger partial charge in [-0.25, -0.2) is 4.98 Å². The summed E-state index contributed by atoms with van der Waals surface area (Å²) in [5.41, 5.74) is 3.76. The number of aromatic nitrogens is 4. The van der Waals surface area contributed by atoms with Crippen LogP contribution in [0.3, 0.4) is 0 Å². The van der Waals surface area contributed by atoms with E-state index in [2.05, 4.69) is 19.9 Å². The first-order valence-corrected chi connectivity index (χ1v) is 4.63. The highest BCUT2D eigenvalue weighted by Crippen LogP contribution is 2.24. The smallest absolute Gasteiger partial charge is 0.156 e. The molecule has 0 spiro atoms. The Hall–Kier alpha value is -2.23. The van der Waals surface area contributed by atoms with Crippen molar-refractivity contribution in [3.05, 3.63) is 43.1 Å². The first kappa shape index (κ1) is 8.11. The van der Waals surface area contributed by atoms with Crippen LogP contribution in [0.15, 0.2) is 43.1 Å². The standard InChI is InChI=1S/C11H8N4/c1-2-8(6-12-3-1)9-7-15-11-10(9)13-4-5-14-11/h1-7H,(H,14,15). The summed E-state index contributed by atoms with van der Waals surface area (Å²) in [6.45, 7) is 0. The summed E-state index contributed by atoms with van der Waals surface area (Å²) < 4.78 is 0. The third-order valence-corrected chi connectivity index (χ3v) is 2.28. The molecular formula is C11H8N4. The average molecular weight is 196 g/mol. The van der Waals surface area contributed by atoms with E-state index >= 15 is 0 Å². The predicted octanol–water partition coefficient (Wildman–Crippen LogP) is 2.02. The van der Waals surface area contributed by atoms with Crippen LogP contribution in [0.4, 0.5) is 0 Å². The van der Waals surface area contributed by atoms with E-state index in [1.165, 1.54) is 0 Å². The second-order valence-corrected chi connectivity index (χ2v) is 3.20. The van der Waals surface area contributed by atoms with E-state index in [1.807, 2.05) is 24.5 Å². The van der Waals surface area contributed by atoms with E-state index in [4.69, 9.17) is 0 Å². The lowest BCUT2D eigenvalue weighted by atomic mass is 10.1. The minimum absolute atomic E-state index is 0.802. The molecule has 0 unspecified atom stereocenters. The van der Waals surface area contributed by atoms with Crippen LogP contribution in [0, 0.1) is 0 Å². The third kappa shape index (κ3) is 1.27. The van der Waals surface area contributed by atoms with Gasteiger partial charge in [0.2, 0.25) is 0 Å². The minimum atomic E-state index is 0.802. The van der Waals surface area contributed by atoms with Crippen molar-refractivity contribution in [3.8, 4) is 11.1 Å². The molecule has 0 saturated heterocycles. The Morgan fingerprint density at radius 2 is 2.00 bits per heavy atom. The van der Waals surface area contributed by atoms with Gasteiger partial charge in [-0.15, -0.1) is 0 Å². The highest BCUT2D eigenvalue weighted by Gasteiger charge is 2.06. The van der Waals surface area contributed by atoms with Gasteiger partial charge in [-0.2, -0.15) is 0 Å². The van der Waals surface area contributed by atoms with Crippen LogP contribution in [0.1, 0.15) is 0 Å². The zero-order valence-corrected chi connectivity index (χ0v) is 7.88. The van der Waals surface area contributed by atoms with Gasteiger partial charge < -0.3 is 4.98 Å². The van der Waals surface area contributed by atoms with E-state index in [0.717, 1.165) is 22.3 Å². The number of pyridine rings is 1. The Balaban J connectivity index is 2.28. The zero-order valence-electron chi connectivity index (χ0n) is 7.88. The fourth-order valence-electron chi connectivity index (χ4n) is 1.59. The van der Waals surface area contributed by atoms with Crippen LogP contribution in [0.25, 0.3) is 22.3 Å². The number of nitrogens with one attached hydrogen (secondary N) is 1. The molecule has 0 atom stereocenters. The number of nitrogens with zero attached hydrogens (tertiary/aromatic N) is 3. The van der Waals surface area contributed by atoms with Gasteiger partial charge in [0.15, 0.2) is 5.65 Å². The van der Waals surface area contributed by atoms with Gasteiger partial charge in [-0.3, -0.25) is 9.97 Å². The van der Waals surface area contributed by atoms with Crippen LogP contribution in [-0.4, -0.2) is 19.9 Å². The molecule has 0 amide bonds. The molecule has 3 heterocycles. The van der Waals surface area contributed by atoms with Gasteiger partial charge in [0.05, 0.1) is 0 Å². The first-order valence-electron chi connectivity index (χ1n) is 4.63. The maximum Gasteiger partial charge on any atom is 0.156 e. The maximum absolute atomic E-state index is 4.30. The van der Waals surface area contributed by atoms with Gasteiger partial charge >= 0.3 is 0 Å². The lowest BCUT2D eigenvalue weighted by molar-refractivity contribution is 1.26. The third-order valence-electron chi connectivity index (χ3n) is 2.28. The number of fused-ring (bicyclic) bond motifs is 1. The summed E-state index contributed by atoms with van der Waals surface area (Å²) >= 11 is 0. The zero-order chi connectivity index (χ0) is 10.1. The summed E-state index contributed by atoms with van der Waals surface area (Å²) in [5.74, 6) is 0. The highest BCUT2D eigenvalue weighted by atomic mass is 14.9. The molecular weight excluding hydrogens is 188 g/mol. The molecule has 3 aromatic rings. The van der Waals surface area contributed by atoms with Gasteiger partial charge in [-0.1, -0.05) is 6.07 Å². The van der Waals surface area contributed by atoms with Crippen molar-refractivity contribution in [2.24, 2.45) is 0 Å². The van der Waals surface area contributed by atoms with Gasteiger partial charge in [-0.05, 0) is 6.07 Å². The molecule has 0 aliphatic rings. The monoisotopic (exact) mass is 196 g/mol. The topological polar surface area (TPSA) is 54.5 Å². The molecule has 0 saturated carbocycles. The molecule has 4 nitrogen and oxygen atoms in total. The lowest BCUT2D eigenvalue weighted by Crippen LogP contribution is -1.81. The Morgan fingerprint density at radius 1 is 1.07 bits per heavy atom. The Labute approximate surface area is 86.0 Å². The summed E-state index contributed by atoms with van der Waals surface area (Å²) in [5, 5.41) is 0. The SMILES string of the molecule is c1cncc(-c2c[nH]c3nccnc23)c1. The van der Waals surface area contributed by atoms with Gasteiger partial charge in [0.1, 0.15) is 5.52 Å². The van der Waals surface area contributed by atoms with Crippen LogP contribution in [0.5, 0.6) is 0 Å². The number of H-pyrrole nitrogens is 1. The first-order chi connectivity index (χ1) is 7.45. The van der Waals surface area contributed by atoms with Crippen molar-refractivity contribution >= 4 is 11.2 Å². The molecule has 3 aromatic heterocycles. The molecule has 3 rings (SSSR count). The normalized spacial score (nSPS) is 10.7. The van der Waals surface area contributed by atoms with Gasteiger partial charge in [0.25, 0.3) is 0 Å². The Kier molecular flexibility index (Phi) is 1.71. The lowest BCUT2D eigenvalue weighted by Gasteiger charge is -1.96. The van der Waals surface area contributed by atoms with Crippen molar-refractivity contribution in [1.29, 1.82) is 0 Å². The molecule has 4 heteroatoms. The largest absolute Gasteiger partial charge is 0.344 e. The van der Waals surface area contributed by atoms with Crippen LogP contribution < -0.4 is 0 Å². The molecule has 0 bridgehead atoms. The summed E-state index contributed by atoms with van der Waals surface area (Å²) in [6.07, 6.45) is 8.84. The van der Waals surface area contributed by atoms with Crippen LogP contribution in [-0.2, 0) is 0 Å². The second kappa shape index (κ2) is 3.16. The Bertz CT molecular complexity index is 586. The van der Waals surface area contributed by atoms with Crippen molar-refractivity contribution in [1.82, 2.24) is 19.9 Å². The van der Waals surface area contributed by atoms with Crippen LogP contribution >= 0.6 is 0 Å². The number of hydrogen-bond acceptors (Lipinski definition) is 3. The van der Waals surface area contributed by atoms with E-state index in [9.17, 15) is 0 Å². The molecule has 72 valence electrons. The molecule has 1 N–H and O–H groups in total. The summed E-state index contributed by atoms with van der Waals surface area (Å²) in [6, 6.07) is 3.91. The number of hydrogen-bond donors (Lipinski definition) is 1. The number of aromatic amines is 1. The molecule has 15 heavy (non-hydrogen) atoms. The van der Waals surface area contributed by atoms with E-state index < -0.39 is 0 Å². The van der Waals surface area contributed by atoms with Crippen molar-refractivity contribution in [3.63, 3.8) is 0 Å². The molecule has 0 aromatic carbocycles. The van der Waals surface area contributed by atoms with Crippen molar-refractivity contribution in [2.75, 3.05) is 0 Å². The quantitative estimate of drug-likeness (QED) is 0.647. The van der Waals surface area contributed by atoms with E-state index in [0.29, 0.717) is 0 Å². The molecule has 0 aliphatic carbocycles. The fraction of sp³-hybridized carbons (Fsp3) is 0. The molecule has 0 fully saturated rings. The minimum Gasteiger partial charge on any atom is -0.344 e. The maximum atomic E-state index is 4.30. The fourth-order valence-corrected chi connectivity index (χ4v) is 1.59. The molecule has 0 aliphatic heterocycles. The summed E-state index contributed by atoms with van der Waals surface area (Å²) in [4.78, 5) is 15.7. The van der Waals surface area contributed by atoms with E-state index in [1.54, 1.807) is 18.6 Å². The summed E-state index contributed by atoms with van der Waals surface area (Å²) in [7, 11) is 0. The van der Waals surface area contributed by atoms with Crippen molar-refractivity contribution in [2.45, 2.75) is 0 Å². The van der Waals surface area contributed by atoms with Gasteiger partial charge in [0, 0.05) is 42.1 Å². The molecule has 0 radical (unpaired) electrons. The van der Waals surface area contributed by atoms with Crippen LogP contribution in [0.2, 0.25) is 0 Å². The number of rotatable bonds is 1. The average Bonchev–Trinajstić information content (AvgIpc) is 2.74. The second-order valence-electron chi connectivity index (χ2n) is 3.20. The Morgan fingerprint density at radius 3 is 2.87 bits per heavy atom. The van der Waals surface area contributed by atoms with Crippen molar-refractivity contribution < 1.29 is 0 Å². The van der Waals surface area contributed by atoms with E-state index in [-0.39, 0.29) is 0 Å². The predicted molar refractivity (Wildman–Crippen MR) is 57.1 cm³/mol.